The van der Waals surface area contributed by atoms with Crippen molar-refractivity contribution in [1.29, 1.82) is 0 Å². The van der Waals surface area contributed by atoms with Crippen molar-refractivity contribution < 1.29 is 14.3 Å². The molecule has 1 aliphatic rings. The lowest BCUT2D eigenvalue weighted by atomic mass is 9.88. The molecule has 0 atom stereocenters. The molecule has 0 spiro atoms. The van der Waals surface area contributed by atoms with Crippen molar-refractivity contribution in [2.75, 3.05) is 19.6 Å². The molecule has 1 aliphatic heterocycles. The van der Waals surface area contributed by atoms with Gasteiger partial charge in [-0.1, -0.05) is 31.5 Å². The highest BCUT2D eigenvalue weighted by Crippen LogP contribution is 2.40. The number of nitrogens with one attached hydrogen (secondary N) is 2. The number of hydrogen-bond donors (Lipinski definition) is 3. The van der Waals surface area contributed by atoms with Crippen LogP contribution in [0.1, 0.15) is 32.4 Å². The Kier molecular flexibility index (Phi) is 6.53. The number of furan rings is 1. The highest BCUT2D eigenvalue weighted by Gasteiger charge is 2.30. The fraction of sp³-hybridized carbons (Fsp3) is 0.360. The maximum Gasteiger partial charge on any atom is 0.223 e. The number of carbonyl (C=O) groups is 1. The van der Waals surface area contributed by atoms with Crippen LogP contribution < -0.4 is 10.6 Å². The molecule has 0 saturated carbocycles. The lowest BCUT2D eigenvalue weighted by molar-refractivity contribution is -0.126. The molecule has 0 aliphatic carbocycles. The van der Waals surface area contributed by atoms with E-state index in [0.717, 1.165) is 48.4 Å². The second-order valence-corrected chi connectivity index (χ2v) is 9.29. The van der Waals surface area contributed by atoms with Gasteiger partial charge in [-0.2, -0.15) is 0 Å². The topological polar surface area (TPSA) is 87.4 Å². The van der Waals surface area contributed by atoms with Gasteiger partial charge in [0.25, 0.3) is 0 Å². The largest absolute Gasteiger partial charge is 0.506 e. The van der Waals surface area contributed by atoms with Crippen LogP contribution in [0, 0.1) is 5.92 Å². The number of nitrogens with zero attached hydrogens (tertiary/aromatic N) is 1. The number of phenolic OH excluding ortho intramolecular Hbond substituents is 1. The summed E-state index contributed by atoms with van der Waals surface area (Å²) in [6.07, 6.45) is 5.16. The van der Waals surface area contributed by atoms with Gasteiger partial charge in [0.15, 0.2) is 0 Å². The third kappa shape index (κ3) is 4.81. The Labute approximate surface area is 193 Å². The fourth-order valence-electron chi connectivity index (χ4n) is 3.96. The molecule has 0 unspecified atom stereocenters. The molecule has 6 nitrogen and oxygen atoms in total. The summed E-state index contributed by atoms with van der Waals surface area (Å²) in [5.41, 5.74) is 2.08. The second-order valence-electron chi connectivity index (χ2n) is 8.88. The molecule has 2 aromatic heterocycles. The van der Waals surface area contributed by atoms with Crippen molar-refractivity contribution in [2.24, 2.45) is 5.92 Å². The molecule has 32 heavy (non-hydrogen) atoms. The van der Waals surface area contributed by atoms with Gasteiger partial charge in [-0.3, -0.25) is 9.78 Å². The van der Waals surface area contributed by atoms with Crippen molar-refractivity contribution in [3.63, 3.8) is 0 Å². The van der Waals surface area contributed by atoms with Gasteiger partial charge < -0.3 is 20.2 Å². The van der Waals surface area contributed by atoms with E-state index in [2.05, 4.69) is 15.6 Å². The number of halogens is 1. The summed E-state index contributed by atoms with van der Waals surface area (Å²) in [4.78, 5) is 16.7. The summed E-state index contributed by atoms with van der Waals surface area (Å²) in [5, 5.41) is 16.8. The minimum Gasteiger partial charge on any atom is -0.506 e. The number of hydrogen-bond acceptors (Lipinski definition) is 5. The molecule has 1 saturated heterocycles. The summed E-state index contributed by atoms with van der Waals surface area (Å²) in [6, 6.07) is 10.9. The summed E-state index contributed by atoms with van der Waals surface area (Å²) in [6.45, 7) is 6.32. The van der Waals surface area contributed by atoms with Gasteiger partial charge in [0, 0.05) is 41.4 Å². The number of amides is 1. The Morgan fingerprint density at radius 3 is 2.59 bits per heavy atom. The van der Waals surface area contributed by atoms with Crippen LogP contribution in [0.3, 0.4) is 0 Å². The normalized spacial score (nSPS) is 15.0. The first-order valence-corrected chi connectivity index (χ1v) is 11.2. The molecule has 0 radical (unpaired) electrons. The quantitative estimate of drug-likeness (QED) is 0.500. The molecular weight excluding hydrogens is 426 g/mol. The van der Waals surface area contributed by atoms with E-state index in [-0.39, 0.29) is 17.6 Å². The number of carbonyl (C=O) groups excluding carboxylic acids is 1. The van der Waals surface area contributed by atoms with Crippen LogP contribution in [0.15, 0.2) is 53.2 Å². The van der Waals surface area contributed by atoms with Crippen LogP contribution in [0.25, 0.3) is 22.5 Å². The third-order valence-corrected chi connectivity index (χ3v) is 6.33. The van der Waals surface area contributed by atoms with Crippen LogP contribution >= 0.6 is 11.6 Å². The van der Waals surface area contributed by atoms with Gasteiger partial charge in [0.05, 0.1) is 5.02 Å². The van der Waals surface area contributed by atoms with Crippen LogP contribution in [0.2, 0.25) is 5.02 Å². The van der Waals surface area contributed by atoms with Crippen LogP contribution in [-0.2, 0) is 10.2 Å². The second kappa shape index (κ2) is 9.35. The molecule has 3 N–H and O–H groups in total. The number of aromatic hydroxyl groups is 1. The Bertz CT molecular complexity index is 1090. The van der Waals surface area contributed by atoms with Crippen molar-refractivity contribution in [3.05, 3.63) is 59.6 Å². The van der Waals surface area contributed by atoms with Gasteiger partial charge in [0.1, 0.15) is 17.3 Å². The van der Waals surface area contributed by atoms with E-state index in [1.54, 1.807) is 24.5 Å². The molecule has 3 aromatic rings. The average Bonchev–Trinajstić information content (AvgIpc) is 3.27. The molecule has 1 fully saturated rings. The average molecular weight is 454 g/mol. The zero-order chi connectivity index (χ0) is 22.7. The Morgan fingerprint density at radius 2 is 1.91 bits per heavy atom. The number of pyridine rings is 1. The lowest BCUT2D eigenvalue weighted by Gasteiger charge is -2.26. The van der Waals surface area contributed by atoms with Gasteiger partial charge in [-0.05, 0) is 61.8 Å². The zero-order valence-corrected chi connectivity index (χ0v) is 19.1. The number of piperidine rings is 1. The summed E-state index contributed by atoms with van der Waals surface area (Å²) in [7, 11) is 0. The molecular formula is C25H28ClN3O3. The third-order valence-electron chi connectivity index (χ3n) is 6.01. The minimum absolute atomic E-state index is 0.0149. The van der Waals surface area contributed by atoms with Crippen molar-refractivity contribution in [3.8, 4) is 28.2 Å². The molecule has 3 heterocycles. The summed E-state index contributed by atoms with van der Waals surface area (Å²) < 4.78 is 6.36. The highest BCUT2D eigenvalue weighted by atomic mass is 35.5. The predicted molar refractivity (Wildman–Crippen MR) is 126 cm³/mol. The number of phenols is 1. The van der Waals surface area contributed by atoms with Crippen molar-refractivity contribution in [1.82, 2.24) is 15.6 Å². The van der Waals surface area contributed by atoms with Gasteiger partial charge in [-0.15, -0.1) is 0 Å². The zero-order valence-electron chi connectivity index (χ0n) is 18.3. The summed E-state index contributed by atoms with van der Waals surface area (Å²) >= 11 is 6.01. The molecule has 1 amide bonds. The first-order chi connectivity index (χ1) is 15.3. The lowest BCUT2D eigenvalue weighted by Crippen LogP contribution is -2.42. The van der Waals surface area contributed by atoms with E-state index >= 15 is 0 Å². The molecule has 1 aromatic carbocycles. The summed E-state index contributed by atoms with van der Waals surface area (Å²) in [5.74, 6) is 1.61. The first kappa shape index (κ1) is 22.4. The van der Waals surface area contributed by atoms with Crippen LogP contribution in [0.5, 0.6) is 5.75 Å². The van der Waals surface area contributed by atoms with Crippen LogP contribution in [0.4, 0.5) is 0 Å². The van der Waals surface area contributed by atoms with Gasteiger partial charge in [0.2, 0.25) is 5.91 Å². The molecule has 168 valence electrons. The van der Waals surface area contributed by atoms with E-state index < -0.39 is 5.41 Å². The Hall–Kier alpha value is -2.83. The highest BCUT2D eigenvalue weighted by molar-refractivity contribution is 6.32. The smallest absolute Gasteiger partial charge is 0.223 e. The molecule has 7 heteroatoms. The van der Waals surface area contributed by atoms with Crippen molar-refractivity contribution in [2.45, 2.75) is 32.1 Å². The van der Waals surface area contributed by atoms with E-state index in [9.17, 15) is 9.90 Å². The maximum absolute atomic E-state index is 12.6. The van der Waals surface area contributed by atoms with E-state index in [1.165, 1.54) is 0 Å². The molecule has 0 bridgehead atoms. The monoisotopic (exact) mass is 453 g/mol. The van der Waals surface area contributed by atoms with E-state index in [4.69, 9.17) is 16.0 Å². The minimum atomic E-state index is -0.433. The fourth-order valence-corrected chi connectivity index (χ4v) is 4.08. The van der Waals surface area contributed by atoms with Crippen molar-refractivity contribution >= 4 is 17.5 Å². The van der Waals surface area contributed by atoms with Gasteiger partial charge >= 0.3 is 0 Å². The maximum atomic E-state index is 12.6. The predicted octanol–water partition coefficient (Wildman–Crippen LogP) is 4.76. The number of benzene rings is 1. The SMILES string of the molecule is CC(C)(CNC(=O)C1CCNCC1)c1cc(-c2ccc(Cl)c(O)c2)c(-c2ccncc2)o1. The van der Waals surface area contributed by atoms with E-state index in [0.29, 0.717) is 17.3 Å². The number of rotatable bonds is 6. The standard InChI is InChI=1S/C25H28ClN3O3/c1-25(2,15-29-24(31)17-7-11-28-12-8-17)22-14-19(18-3-4-20(26)21(30)13-18)23(32-22)16-5-9-27-10-6-16/h3-6,9-10,13-14,17,28,30H,7-8,11-12,15H2,1-2H3,(H,29,31). The number of aromatic nitrogens is 1. The first-order valence-electron chi connectivity index (χ1n) is 10.9. The Morgan fingerprint density at radius 1 is 1.19 bits per heavy atom. The Balaban J connectivity index is 1.64. The van der Waals surface area contributed by atoms with Gasteiger partial charge in [-0.25, -0.2) is 0 Å². The van der Waals surface area contributed by atoms with E-state index in [1.807, 2.05) is 38.1 Å². The molecule has 4 rings (SSSR count). The van der Waals surface area contributed by atoms with Crippen LogP contribution in [-0.4, -0.2) is 35.6 Å².